The molecule has 0 radical (unpaired) electrons. The van der Waals surface area contributed by atoms with Crippen LogP contribution in [0.5, 0.6) is 0 Å². The quantitative estimate of drug-likeness (QED) is 0.824. The average molecular weight is 270 g/mol. The lowest BCUT2D eigenvalue weighted by atomic mass is 10.2. The van der Waals surface area contributed by atoms with Crippen molar-refractivity contribution in [1.82, 2.24) is 0 Å². The van der Waals surface area contributed by atoms with Crippen LogP contribution in [0.2, 0.25) is 0 Å². The molecule has 0 atom stereocenters. The third kappa shape index (κ3) is 4.70. The molecule has 0 aliphatic rings. The van der Waals surface area contributed by atoms with Crippen LogP contribution in [0.1, 0.15) is 11.1 Å². The highest BCUT2D eigenvalue weighted by atomic mass is 31.2. The summed E-state index contributed by atoms with van der Waals surface area (Å²) in [7, 11) is -3.38. The van der Waals surface area contributed by atoms with Gasteiger partial charge in [-0.1, -0.05) is 60.7 Å². The van der Waals surface area contributed by atoms with Crippen LogP contribution in [0.15, 0.2) is 72.3 Å². The molecule has 2 rings (SSSR count). The monoisotopic (exact) mass is 270 g/mol. The molecule has 1 N–H and O–H groups in total. The summed E-state index contributed by atoms with van der Waals surface area (Å²) >= 11 is 0. The average Bonchev–Trinajstić information content (AvgIpc) is 2.46. The molecule has 0 unspecified atom stereocenters. The minimum absolute atomic E-state index is 0.907. The Morgan fingerprint density at radius 3 is 1.47 bits per heavy atom. The van der Waals surface area contributed by atoms with E-state index in [1.807, 2.05) is 60.7 Å². The van der Waals surface area contributed by atoms with Gasteiger partial charge in [0.15, 0.2) is 0 Å². The van der Waals surface area contributed by atoms with Crippen molar-refractivity contribution in [1.29, 1.82) is 0 Å². The van der Waals surface area contributed by atoms with Crippen molar-refractivity contribution >= 4 is 19.5 Å². The van der Waals surface area contributed by atoms with Gasteiger partial charge in [0.1, 0.15) is 0 Å². The first-order valence-corrected chi connectivity index (χ1v) is 7.76. The van der Waals surface area contributed by atoms with E-state index in [9.17, 15) is 9.46 Å². The molecule has 0 heterocycles. The Bertz CT molecular complexity index is 562. The summed E-state index contributed by atoms with van der Waals surface area (Å²) in [5.41, 5.74) is 1.81. The van der Waals surface area contributed by atoms with Crippen LogP contribution >= 0.6 is 7.37 Å². The van der Waals surface area contributed by atoms with Crippen molar-refractivity contribution in [3.8, 4) is 0 Å². The number of hydrogen-bond donors (Lipinski definition) is 1. The Hall–Kier alpha value is -1.89. The number of rotatable bonds is 4. The van der Waals surface area contributed by atoms with E-state index < -0.39 is 7.37 Å². The zero-order valence-electron chi connectivity index (χ0n) is 10.4. The van der Waals surface area contributed by atoms with E-state index in [0.717, 1.165) is 11.1 Å². The Morgan fingerprint density at radius 1 is 0.737 bits per heavy atom. The first-order valence-electron chi connectivity index (χ1n) is 5.96. The summed E-state index contributed by atoms with van der Waals surface area (Å²) in [4.78, 5) is 9.82. The highest BCUT2D eigenvalue weighted by Crippen LogP contribution is 2.45. The molecule has 3 heteroatoms. The van der Waals surface area contributed by atoms with Gasteiger partial charge in [0.25, 0.3) is 0 Å². The van der Waals surface area contributed by atoms with Crippen LogP contribution in [-0.4, -0.2) is 4.89 Å². The van der Waals surface area contributed by atoms with Gasteiger partial charge in [0, 0.05) is 11.6 Å². The van der Waals surface area contributed by atoms with Crippen molar-refractivity contribution in [3.05, 3.63) is 83.4 Å². The molecule has 0 bridgehead atoms. The Balaban J connectivity index is 2.09. The van der Waals surface area contributed by atoms with Crippen LogP contribution in [0.4, 0.5) is 0 Å². The van der Waals surface area contributed by atoms with Gasteiger partial charge in [-0.2, -0.15) is 0 Å². The summed E-state index contributed by atoms with van der Waals surface area (Å²) in [5, 5.41) is 0. The smallest absolute Gasteiger partial charge is 0.244 e. The Kier molecular flexibility index (Phi) is 4.51. The van der Waals surface area contributed by atoms with Crippen LogP contribution in [0.3, 0.4) is 0 Å². The molecule has 0 aliphatic carbocycles. The SMILES string of the molecule is O=P(O)(/C=C/c1ccccc1)/C=C/c1ccccc1. The molecule has 0 aliphatic heterocycles. The number of benzene rings is 2. The fraction of sp³-hybridized carbons (Fsp3) is 0. The summed E-state index contributed by atoms with van der Waals surface area (Å²) in [6.07, 6.45) is 3.33. The molecule has 0 spiro atoms. The number of hydrogen-bond acceptors (Lipinski definition) is 1. The molecule has 2 nitrogen and oxygen atoms in total. The molecule has 96 valence electrons. The van der Waals surface area contributed by atoms with E-state index in [0.29, 0.717) is 0 Å². The highest BCUT2D eigenvalue weighted by molar-refractivity contribution is 7.64. The molecular weight excluding hydrogens is 255 g/mol. The van der Waals surface area contributed by atoms with Crippen molar-refractivity contribution in [2.45, 2.75) is 0 Å². The minimum atomic E-state index is -3.38. The topological polar surface area (TPSA) is 37.3 Å². The van der Waals surface area contributed by atoms with Crippen LogP contribution in [0.25, 0.3) is 12.2 Å². The first-order chi connectivity index (χ1) is 9.16. The van der Waals surface area contributed by atoms with Crippen LogP contribution in [-0.2, 0) is 4.57 Å². The zero-order chi connectivity index (χ0) is 13.6. The van der Waals surface area contributed by atoms with Crippen LogP contribution in [0, 0.1) is 0 Å². The second-order valence-corrected chi connectivity index (χ2v) is 6.07. The van der Waals surface area contributed by atoms with Gasteiger partial charge < -0.3 is 4.89 Å². The molecule has 2 aromatic carbocycles. The summed E-state index contributed by atoms with van der Waals surface area (Å²) < 4.78 is 11.9. The van der Waals surface area contributed by atoms with Crippen molar-refractivity contribution in [2.24, 2.45) is 0 Å². The molecule has 0 fully saturated rings. The Morgan fingerprint density at radius 2 is 1.11 bits per heavy atom. The van der Waals surface area contributed by atoms with E-state index >= 15 is 0 Å². The maximum absolute atomic E-state index is 11.9. The molecule has 0 amide bonds. The second kappa shape index (κ2) is 6.33. The lowest BCUT2D eigenvalue weighted by Gasteiger charge is -2.00. The van der Waals surface area contributed by atoms with Crippen molar-refractivity contribution < 1.29 is 9.46 Å². The predicted octanol–water partition coefficient (Wildman–Crippen LogP) is 4.60. The molecule has 0 saturated carbocycles. The van der Waals surface area contributed by atoms with Crippen molar-refractivity contribution in [3.63, 3.8) is 0 Å². The fourth-order valence-corrected chi connectivity index (χ4v) is 2.43. The maximum Gasteiger partial charge on any atom is 0.244 e. The molecular formula is C16H15O2P. The Labute approximate surface area is 113 Å². The normalized spacial score (nSPS) is 12.3. The van der Waals surface area contributed by atoms with E-state index in [-0.39, 0.29) is 0 Å². The van der Waals surface area contributed by atoms with Gasteiger partial charge in [-0.15, -0.1) is 0 Å². The van der Waals surface area contributed by atoms with Crippen LogP contribution < -0.4 is 0 Å². The lowest BCUT2D eigenvalue weighted by Crippen LogP contribution is -1.72. The maximum atomic E-state index is 11.9. The molecule has 0 aromatic heterocycles. The predicted molar refractivity (Wildman–Crippen MR) is 80.8 cm³/mol. The van der Waals surface area contributed by atoms with Gasteiger partial charge in [-0.05, 0) is 23.3 Å². The molecule has 0 saturated heterocycles. The van der Waals surface area contributed by atoms with Gasteiger partial charge in [0.05, 0.1) is 0 Å². The van der Waals surface area contributed by atoms with E-state index in [4.69, 9.17) is 0 Å². The van der Waals surface area contributed by atoms with E-state index in [1.54, 1.807) is 12.2 Å². The fourth-order valence-electron chi connectivity index (χ4n) is 1.56. The van der Waals surface area contributed by atoms with Gasteiger partial charge in [-0.25, -0.2) is 0 Å². The standard InChI is InChI=1S/C16H15O2P/c17-19(18,13-11-15-7-3-1-4-8-15)14-12-16-9-5-2-6-10-16/h1-14H,(H,17,18)/b13-11+,14-12+. The zero-order valence-corrected chi connectivity index (χ0v) is 11.3. The van der Waals surface area contributed by atoms with Gasteiger partial charge >= 0.3 is 0 Å². The molecule has 2 aromatic rings. The summed E-state index contributed by atoms with van der Waals surface area (Å²) in [6, 6.07) is 18.9. The van der Waals surface area contributed by atoms with E-state index in [1.165, 1.54) is 11.6 Å². The van der Waals surface area contributed by atoms with Crippen molar-refractivity contribution in [2.75, 3.05) is 0 Å². The second-order valence-electron chi connectivity index (χ2n) is 4.13. The minimum Gasteiger partial charge on any atom is -0.339 e. The van der Waals surface area contributed by atoms with Gasteiger partial charge in [-0.3, -0.25) is 4.57 Å². The van der Waals surface area contributed by atoms with E-state index in [2.05, 4.69) is 0 Å². The summed E-state index contributed by atoms with van der Waals surface area (Å²) in [5.74, 6) is 2.70. The first kappa shape index (κ1) is 13.5. The lowest BCUT2D eigenvalue weighted by molar-refractivity contribution is 0.499. The highest BCUT2D eigenvalue weighted by Gasteiger charge is 2.07. The molecule has 19 heavy (non-hydrogen) atoms. The van der Waals surface area contributed by atoms with Gasteiger partial charge in [0.2, 0.25) is 7.37 Å². The largest absolute Gasteiger partial charge is 0.339 e. The summed E-state index contributed by atoms with van der Waals surface area (Å²) in [6.45, 7) is 0. The third-order valence-corrected chi connectivity index (χ3v) is 3.71. The third-order valence-electron chi connectivity index (χ3n) is 2.56.